The van der Waals surface area contributed by atoms with Crippen LogP contribution in [0.2, 0.25) is 0 Å². The number of carbonyl (C=O) groups is 2. The number of nitrogens with one attached hydrogen (secondary N) is 2. The fourth-order valence-corrected chi connectivity index (χ4v) is 4.57. The molecule has 0 saturated heterocycles. The van der Waals surface area contributed by atoms with Crippen LogP contribution in [0.4, 0.5) is 24.7 Å². The summed E-state index contributed by atoms with van der Waals surface area (Å²) in [6, 6.07) is 10.3. The summed E-state index contributed by atoms with van der Waals surface area (Å²) in [7, 11) is 3.28. The Hall–Kier alpha value is -5.60. The minimum atomic E-state index is -4.57. The van der Waals surface area contributed by atoms with Gasteiger partial charge in [-0.05, 0) is 42.8 Å². The maximum atomic E-state index is 13.6. The maximum Gasteiger partial charge on any atom is 0.417 e. The van der Waals surface area contributed by atoms with E-state index in [1.54, 1.807) is 38.0 Å². The van der Waals surface area contributed by atoms with E-state index < -0.39 is 29.6 Å². The molecule has 0 spiro atoms. The van der Waals surface area contributed by atoms with E-state index in [2.05, 4.69) is 35.7 Å². The molecule has 2 amide bonds. The van der Waals surface area contributed by atoms with Crippen LogP contribution in [0, 0.1) is 0 Å². The molecule has 0 fully saturated rings. The van der Waals surface area contributed by atoms with Gasteiger partial charge in [0.1, 0.15) is 17.4 Å². The Balaban J connectivity index is 1.38. The molecule has 5 rings (SSSR count). The third kappa shape index (κ3) is 6.98. The second-order valence-corrected chi connectivity index (χ2v) is 9.96. The number of hydrogen-bond acceptors (Lipinski definition) is 9. The lowest BCUT2D eigenvalue weighted by Crippen LogP contribution is -2.41. The van der Waals surface area contributed by atoms with Crippen molar-refractivity contribution in [1.82, 2.24) is 34.6 Å². The number of carbonyl (C=O) groups excluding carboxylic acids is 2. The maximum absolute atomic E-state index is 13.6. The number of aryl methyl sites for hydroxylation is 1. The molecule has 0 aliphatic heterocycles. The SMILES string of the molecule is COc1ccc(CNc2ncc(NC(=O)C(=O)N(Cc3ccc(C(F)(F)F)cn3)[C@H](C)c3ncccn3)c3c2cnn3C)cc1. The molecule has 4 heterocycles. The lowest BCUT2D eigenvalue weighted by atomic mass is 10.2. The van der Waals surface area contributed by atoms with Gasteiger partial charge in [0, 0.05) is 32.2 Å². The fraction of sp³-hybridized carbons (Fsp3) is 0.233. The molecule has 15 heteroatoms. The van der Waals surface area contributed by atoms with Gasteiger partial charge in [0.25, 0.3) is 0 Å². The zero-order valence-electron chi connectivity index (χ0n) is 24.4. The van der Waals surface area contributed by atoms with E-state index in [1.807, 2.05) is 24.3 Å². The third-order valence-corrected chi connectivity index (χ3v) is 7.01. The Morgan fingerprint density at radius 1 is 1.00 bits per heavy atom. The summed E-state index contributed by atoms with van der Waals surface area (Å²) >= 11 is 0. The van der Waals surface area contributed by atoms with Crippen LogP contribution in [-0.2, 0) is 35.9 Å². The van der Waals surface area contributed by atoms with Gasteiger partial charge in [-0.25, -0.2) is 15.0 Å². The van der Waals surface area contributed by atoms with Crippen molar-refractivity contribution in [2.75, 3.05) is 17.7 Å². The molecule has 45 heavy (non-hydrogen) atoms. The predicted octanol–water partition coefficient (Wildman–Crippen LogP) is 4.52. The van der Waals surface area contributed by atoms with Crippen molar-refractivity contribution in [3.8, 4) is 5.75 Å². The van der Waals surface area contributed by atoms with Gasteiger partial charge in [0.2, 0.25) is 0 Å². The van der Waals surface area contributed by atoms with E-state index in [0.717, 1.165) is 28.3 Å². The summed E-state index contributed by atoms with van der Waals surface area (Å²) in [5.74, 6) is -0.501. The Labute approximate surface area is 255 Å². The molecule has 5 aromatic rings. The van der Waals surface area contributed by atoms with Gasteiger partial charge < -0.3 is 20.3 Å². The van der Waals surface area contributed by atoms with Gasteiger partial charge >= 0.3 is 18.0 Å². The van der Waals surface area contributed by atoms with E-state index in [1.165, 1.54) is 18.6 Å². The molecule has 0 bridgehead atoms. The van der Waals surface area contributed by atoms with E-state index in [-0.39, 0.29) is 23.8 Å². The molecule has 0 aliphatic carbocycles. The highest BCUT2D eigenvalue weighted by atomic mass is 19.4. The fourth-order valence-electron chi connectivity index (χ4n) is 4.57. The topological polar surface area (TPSA) is 140 Å². The number of aromatic nitrogens is 6. The van der Waals surface area contributed by atoms with Crippen LogP contribution >= 0.6 is 0 Å². The van der Waals surface area contributed by atoms with Crippen molar-refractivity contribution in [1.29, 1.82) is 0 Å². The van der Waals surface area contributed by atoms with E-state index >= 15 is 0 Å². The van der Waals surface area contributed by atoms with Crippen molar-refractivity contribution in [2.24, 2.45) is 7.05 Å². The Bertz CT molecular complexity index is 1800. The van der Waals surface area contributed by atoms with Gasteiger partial charge in [0.15, 0.2) is 0 Å². The Morgan fingerprint density at radius 2 is 1.73 bits per heavy atom. The first-order valence-corrected chi connectivity index (χ1v) is 13.6. The molecule has 4 aromatic heterocycles. The van der Waals surface area contributed by atoms with E-state index in [0.29, 0.717) is 29.5 Å². The molecule has 0 unspecified atom stereocenters. The highest BCUT2D eigenvalue weighted by Gasteiger charge is 2.32. The highest BCUT2D eigenvalue weighted by molar-refractivity contribution is 6.40. The average molecular weight is 620 g/mol. The molecular formula is C30H28F3N9O3. The summed E-state index contributed by atoms with van der Waals surface area (Å²) in [5, 5.41) is 10.8. The molecule has 0 aliphatic rings. The molecule has 2 N–H and O–H groups in total. The van der Waals surface area contributed by atoms with Crippen LogP contribution in [0.15, 0.2) is 73.4 Å². The monoisotopic (exact) mass is 619 g/mol. The summed E-state index contributed by atoms with van der Waals surface area (Å²) in [4.78, 5) is 44.8. The van der Waals surface area contributed by atoms with Gasteiger partial charge in [-0.2, -0.15) is 18.3 Å². The number of benzene rings is 1. The number of methoxy groups -OCH3 is 1. The summed E-state index contributed by atoms with van der Waals surface area (Å²) < 4.78 is 45.9. The van der Waals surface area contributed by atoms with Crippen LogP contribution in [0.1, 0.15) is 35.6 Å². The molecule has 0 radical (unpaired) electrons. The number of fused-ring (bicyclic) bond motifs is 1. The van der Waals surface area contributed by atoms with Crippen molar-refractivity contribution in [3.05, 3.63) is 96.1 Å². The van der Waals surface area contributed by atoms with Gasteiger partial charge in [-0.3, -0.25) is 19.3 Å². The van der Waals surface area contributed by atoms with Crippen LogP contribution in [0.3, 0.4) is 0 Å². The van der Waals surface area contributed by atoms with Crippen molar-refractivity contribution >= 4 is 34.2 Å². The Morgan fingerprint density at radius 3 is 2.38 bits per heavy atom. The minimum Gasteiger partial charge on any atom is -0.497 e. The predicted molar refractivity (Wildman–Crippen MR) is 158 cm³/mol. The number of amides is 2. The second-order valence-electron chi connectivity index (χ2n) is 9.96. The lowest BCUT2D eigenvalue weighted by Gasteiger charge is -2.27. The first kappa shape index (κ1) is 30.8. The molecule has 1 aromatic carbocycles. The summed E-state index contributed by atoms with van der Waals surface area (Å²) in [6.07, 6.45) is 2.07. The largest absolute Gasteiger partial charge is 0.497 e. The number of hydrogen-bond donors (Lipinski definition) is 2. The zero-order chi connectivity index (χ0) is 32.1. The number of ether oxygens (including phenoxy) is 1. The molecule has 12 nitrogen and oxygen atoms in total. The number of halogens is 3. The summed E-state index contributed by atoms with van der Waals surface area (Å²) in [5.41, 5.74) is 0.927. The number of alkyl halides is 3. The van der Waals surface area contributed by atoms with Gasteiger partial charge in [0.05, 0.1) is 59.9 Å². The van der Waals surface area contributed by atoms with E-state index in [9.17, 15) is 22.8 Å². The van der Waals surface area contributed by atoms with Crippen molar-refractivity contribution in [3.63, 3.8) is 0 Å². The number of pyridine rings is 2. The van der Waals surface area contributed by atoms with Gasteiger partial charge in [-0.15, -0.1) is 0 Å². The third-order valence-electron chi connectivity index (χ3n) is 7.01. The van der Waals surface area contributed by atoms with Crippen molar-refractivity contribution in [2.45, 2.75) is 32.2 Å². The zero-order valence-corrected chi connectivity index (χ0v) is 24.4. The van der Waals surface area contributed by atoms with Crippen LogP contribution < -0.4 is 15.4 Å². The molecule has 0 saturated carbocycles. The number of anilines is 2. The van der Waals surface area contributed by atoms with Crippen LogP contribution in [0.5, 0.6) is 5.75 Å². The highest BCUT2D eigenvalue weighted by Crippen LogP contribution is 2.30. The van der Waals surface area contributed by atoms with E-state index in [4.69, 9.17) is 4.74 Å². The average Bonchev–Trinajstić information content (AvgIpc) is 3.45. The normalized spacial score (nSPS) is 12.0. The Kier molecular flexibility index (Phi) is 8.88. The molecule has 232 valence electrons. The van der Waals surface area contributed by atoms with Crippen LogP contribution in [0.25, 0.3) is 10.9 Å². The standard InChI is InChI=1S/C30H28F3N9O3/c1-18(26-34-11-4-12-35-26)42(17-21-8-7-20(14-36-21)30(31,32)33)29(44)28(43)40-24-16-38-27(23-15-39-41(2)25(23)24)37-13-19-5-9-22(45-3)10-6-19/h4-12,14-16,18H,13,17H2,1-3H3,(H,37,38)(H,40,43)/t18-/m1/s1. The minimum absolute atomic E-state index is 0.134. The lowest BCUT2D eigenvalue weighted by molar-refractivity contribution is -0.145. The molecular weight excluding hydrogens is 591 g/mol. The summed E-state index contributed by atoms with van der Waals surface area (Å²) in [6.45, 7) is 1.78. The van der Waals surface area contributed by atoms with Crippen molar-refractivity contribution < 1.29 is 27.5 Å². The van der Waals surface area contributed by atoms with Gasteiger partial charge in [-0.1, -0.05) is 12.1 Å². The van der Waals surface area contributed by atoms with Crippen LogP contribution in [-0.4, -0.2) is 53.5 Å². The molecule has 1 atom stereocenters. The number of nitrogens with zero attached hydrogens (tertiary/aromatic N) is 7. The quantitative estimate of drug-likeness (QED) is 0.228. The smallest absolute Gasteiger partial charge is 0.417 e. The first-order valence-electron chi connectivity index (χ1n) is 13.6. The number of rotatable bonds is 9. The second kappa shape index (κ2) is 13.0. The first-order chi connectivity index (χ1) is 21.5.